The van der Waals surface area contributed by atoms with Crippen molar-refractivity contribution in [1.82, 2.24) is 9.78 Å². The van der Waals surface area contributed by atoms with Crippen LogP contribution in [0.5, 0.6) is 5.75 Å². The summed E-state index contributed by atoms with van der Waals surface area (Å²) in [7, 11) is 0. The minimum atomic E-state index is -0.286. The van der Waals surface area contributed by atoms with Crippen LogP contribution < -0.4 is 4.74 Å². The largest absolute Gasteiger partial charge is 0.426 e. The predicted octanol–water partition coefficient (Wildman–Crippen LogP) is 3.64. The summed E-state index contributed by atoms with van der Waals surface area (Å²) >= 11 is 0. The lowest BCUT2D eigenvalue weighted by Crippen LogP contribution is -2.11. The number of esters is 1. The van der Waals surface area contributed by atoms with E-state index in [2.05, 4.69) is 5.10 Å². The number of hydrogen-bond donors (Lipinski definition) is 0. The van der Waals surface area contributed by atoms with E-state index in [1.54, 1.807) is 10.9 Å². The van der Waals surface area contributed by atoms with Gasteiger partial charge in [0, 0.05) is 11.8 Å². The molecule has 3 aromatic rings. The van der Waals surface area contributed by atoms with E-state index in [-0.39, 0.29) is 12.4 Å². The van der Waals surface area contributed by atoms with Gasteiger partial charge in [-0.3, -0.25) is 4.79 Å². The summed E-state index contributed by atoms with van der Waals surface area (Å²) in [5.74, 6) is 0.330. The number of carbonyl (C=O) groups is 1. The highest BCUT2D eigenvalue weighted by molar-refractivity contribution is 5.75. The van der Waals surface area contributed by atoms with Crippen LogP contribution in [-0.4, -0.2) is 15.7 Å². The second-order valence-corrected chi connectivity index (χ2v) is 5.48. The number of aromatic nitrogens is 2. The molecule has 0 spiro atoms. The van der Waals surface area contributed by atoms with Gasteiger partial charge in [-0.25, -0.2) is 4.68 Å². The van der Waals surface area contributed by atoms with E-state index in [1.165, 1.54) is 0 Å². The Morgan fingerprint density at radius 3 is 2.65 bits per heavy atom. The second-order valence-electron chi connectivity index (χ2n) is 5.48. The van der Waals surface area contributed by atoms with Crippen LogP contribution in [0.25, 0.3) is 5.69 Å². The molecule has 0 atom stereocenters. The Kier molecular flexibility index (Phi) is 4.24. The van der Waals surface area contributed by atoms with E-state index in [1.807, 2.05) is 68.6 Å². The van der Waals surface area contributed by atoms with Crippen molar-refractivity contribution in [2.75, 3.05) is 0 Å². The number of carbonyl (C=O) groups excluding carboxylic acids is 1. The summed E-state index contributed by atoms with van der Waals surface area (Å²) in [4.78, 5) is 12.1. The average Bonchev–Trinajstić information content (AvgIpc) is 3.01. The summed E-state index contributed by atoms with van der Waals surface area (Å²) in [6.07, 6.45) is 3.73. The van der Waals surface area contributed by atoms with Crippen LogP contribution in [0.2, 0.25) is 0 Å². The zero-order valence-corrected chi connectivity index (χ0v) is 13.2. The van der Waals surface area contributed by atoms with Crippen molar-refractivity contribution in [2.45, 2.75) is 20.3 Å². The van der Waals surface area contributed by atoms with Gasteiger partial charge in [0.05, 0.1) is 18.3 Å². The zero-order chi connectivity index (χ0) is 16.2. The first-order valence-corrected chi connectivity index (χ1v) is 7.49. The topological polar surface area (TPSA) is 44.1 Å². The molecule has 0 aliphatic heterocycles. The number of aryl methyl sites for hydroxylation is 1. The molecule has 116 valence electrons. The van der Waals surface area contributed by atoms with Gasteiger partial charge >= 0.3 is 5.97 Å². The molecule has 0 N–H and O–H groups in total. The number of hydrogen-bond acceptors (Lipinski definition) is 3. The molecule has 4 nitrogen and oxygen atoms in total. The van der Waals surface area contributed by atoms with Crippen LogP contribution in [0.1, 0.15) is 16.7 Å². The van der Waals surface area contributed by atoms with Crippen LogP contribution in [0, 0.1) is 13.8 Å². The smallest absolute Gasteiger partial charge is 0.315 e. The number of rotatable bonds is 4. The van der Waals surface area contributed by atoms with Crippen LogP contribution in [0.4, 0.5) is 0 Å². The molecule has 0 amide bonds. The summed E-state index contributed by atoms with van der Waals surface area (Å²) in [5, 5.41) is 4.29. The highest BCUT2D eigenvalue weighted by atomic mass is 16.5. The maximum absolute atomic E-state index is 12.1. The molecule has 2 aromatic carbocycles. The molecule has 3 rings (SSSR count). The summed E-state index contributed by atoms with van der Waals surface area (Å²) < 4.78 is 7.22. The lowest BCUT2D eigenvalue weighted by Gasteiger charge is -2.08. The van der Waals surface area contributed by atoms with E-state index < -0.39 is 0 Å². The molecule has 0 aliphatic rings. The Bertz CT molecular complexity index is 822. The normalized spacial score (nSPS) is 10.5. The van der Waals surface area contributed by atoms with E-state index in [9.17, 15) is 4.79 Å². The fraction of sp³-hybridized carbons (Fsp3) is 0.158. The van der Waals surface area contributed by atoms with Crippen molar-refractivity contribution >= 4 is 5.97 Å². The monoisotopic (exact) mass is 306 g/mol. The molecule has 4 heteroatoms. The van der Waals surface area contributed by atoms with Gasteiger partial charge in [-0.15, -0.1) is 0 Å². The number of nitrogens with zero attached hydrogens (tertiary/aromatic N) is 2. The molecule has 0 unspecified atom stereocenters. The fourth-order valence-corrected chi connectivity index (χ4v) is 2.33. The molecule has 23 heavy (non-hydrogen) atoms. The third-order valence-electron chi connectivity index (χ3n) is 3.78. The molecule has 0 bridgehead atoms. The standard InChI is InChI=1S/C19H18N2O2/c1-14-7-6-10-18(15(14)2)23-19(22)11-16-12-20-21(13-16)17-8-4-3-5-9-17/h3-10,12-13H,11H2,1-2H3. The predicted molar refractivity (Wildman–Crippen MR) is 88.8 cm³/mol. The highest BCUT2D eigenvalue weighted by Crippen LogP contribution is 2.21. The summed E-state index contributed by atoms with van der Waals surface area (Å²) in [5.41, 5.74) is 3.87. The molecule has 1 aromatic heterocycles. The van der Waals surface area contributed by atoms with Gasteiger partial charge in [0.25, 0.3) is 0 Å². The Balaban J connectivity index is 1.69. The van der Waals surface area contributed by atoms with Crippen molar-refractivity contribution in [3.05, 3.63) is 77.6 Å². The Labute approximate surface area is 135 Å². The molecule has 1 heterocycles. The molecule has 0 aliphatic carbocycles. The van der Waals surface area contributed by atoms with E-state index in [0.29, 0.717) is 5.75 Å². The van der Waals surface area contributed by atoms with E-state index in [0.717, 1.165) is 22.4 Å². The third kappa shape index (κ3) is 3.48. The van der Waals surface area contributed by atoms with Crippen LogP contribution in [0.3, 0.4) is 0 Å². The van der Waals surface area contributed by atoms with Crippen molar-refractivity contribution in [3.63, 3.8) is 0 Å². The molecule has 0 saturated heterocycles. The maximum atomic E-state index is 12.1. The molecule has 0 saturated carbocycles. The number of benzene rings is 2. The van der Waals surface area contributed by atoms with Gasteiger partial charge < -0.3 is 4.74 Å². The van der Waals surface area contributed by atoms with Crippen molar-refractivity contribution in [1.29, 1.82) is 0 Å². The fourth-order valence-electron chi connectivity index (χ4n) is 2.33. The first-order valence-electron chi connectivity index (χ1n) is 7.49. The van der Waals surface area contributed by atoms with Gasteiger partial charge in [0.1, 0.15) is 5.75 Å². The molecular formula is C19H18N2O2. The second kappa shape index (κ2) is 6.48. The van der Waals surface area contributed by atoms with Gasteiger partial charge in [0.15, 0.2) is 0 Å². The van der Waals surface area contributed by atoms with Crippen LogP contribution in [-0.2, 0) is 11.2 Å². The Morgan fingerprint density at radius 1 is 1.09 bits per heavy atom. The Morgan fingerprint density at radius 2 is 1.87 bits per heavy atom. The quantitative estimate of drug-likeness (QED) is 0.546. The molecule has 0 radical (unpaired) electrons. The lowest BCUT2D eigenvalue weighted by molar-refractivity contribution is -0.133. The molecular weight excluding hydrogens is 288 g/mol. The van der Waals surface area contributed by atoms with Crippen LogP contribution in [0.15, 0.2) is 60.9 Å². The summed E-state index contributed by atoms with van der Waals surface area (Å²) in [6, 6.07) is 15.5. The van der Waals surface area contributed by atoms with Gasteiger partial charge in [-0.05, 0) is 43.2 Å². The first-order chi connectivity index (χ1) is 11.1. The number of para-hydroxylation sites is 1. The number of ether oxygens (including phenoxy) is 1. The van der Waals surface area contributed by atoms with Gasteiger partial charge in [-0.2, -0.15) is 5.10 Å². The van der Waals surface area contributed by atoms with E-state index >= 15 is 0 Å². The van der Waals surface area contributed by atoms with E-state index in [4.69, 9.17) is 4.74 Å². The first kappa shape index (κ1) is 15.0. The Hall–Kier alpha value is -2.88. The summed E-state index contributed by atoms with van der Waals surface area (Å²) in [6.45, 7) is 3.95. The zero-order valence-electron chi connectivity index (χ0n) is 13.2. The van der Waals surface area contributed by atoms with Crippen molar-refractivity contribution < 1.29 is 9.53 Å². The van der Waals surface area contributed by atoms with Crippen LogP contribution >= 0.6 is 0 Å². The SMILES string of the molecule is Cc1cccc(OC(=O)Cc2cnn(-c3ccccc3)c2)c1C. The average molecular weight is 306 g/mol. The maximum Gasteiger partial charge on any atom is 0.315 e. The van der Waals surface area contributed by atoms with Gasteiger partial charge in [-0.1, -0.05) is 30.3 Å². The minimum Gasteiger partial charge on any atom is -0.426 e. The highest BCUT2D eigenvalue weighted by Gasteiger charge is 2.11. The third-order valence-corrected chi connectivity index (χ3v) is 3.78. The van der Waals surface area contributed by atoms with Gasteiger partial charge in [0.2, 0.25) is 0 Å². The van der Waals surface area contributed by atoms with Crippen molar-refractivity contribution in [2.24, 2.45) is 0 Å². The lowest BCUT2D eigenvalue weighted by atomic mass is 10.1. The van der Waals surface area contributed by atoms with Crippen molar-refractivity contribution in [3.8, 4) is 11.4 Å². The minimum absolute atomic E-state index is 0.195. The molecule has 0 fully saturated rings.